The number of thiophene rings is 1. The summed E-state index contributed by atoms with van der Waals surface area (Å²) in [4.78, 5) is 32.1. The number of pyridine rings is 1. The van der Waals surface area contributed by atoms with Gasteiger partial charge in [-0.3, -0.25) is 9.59 Å². The van der Waals surface area contributed by atoms with Crippen LogP contribution in [0, 0.1) is 19.8 Å². The Hall–Kier alpha value is -3.77. The molecular weight excluding hydrogens is 514 g/mol. The number of carbonyl (C=O) groups excluding carboxylic acids is 2. The average Bonchev–Trinajstić information content (AvgIpc) is 3.70. The van der Waals surface area contributed by atoms with Gasteiger partial charge in [-0.25, -0.2) is 4.98 Å². The molecule has 5 aromatic rings. The molecule has 0 bridgehead atoms. The van der Waals surface area contributed by atoms with Crippen LogP contribution in [0.5, 0.6) is 0 Å². The fourth-order valence-corrected chi connectivity index (χ4v) is 7.37. The molecule has 5 nitrogen and oxygen atoms in total. The molecule has 1 saturated carbocycles. The maximum Gasteiger partial charge on any atom is 0.228 e. The molecule has 2 unspecified atom stereocenters. The smallest absolute Gasteiger partial charge is 0.228 e. The minimum atomic E-state index is -0.592. The molecule has 6 rings (SSSR count). The number of carbonyl (C=O) groups is 2. The van der Waals surface area contributed by atoms with Crippen molar-refractivity contribution in [2.24, 2.45) is 5.92 Å². The molecule has 3 heterocycles. The minimum Gasteiger partial charge on any atom is -0.341 e. The standard InChI is InChI=1S/C34H35N3O2S/c1-21-19-22(2)35-33-30(21)27-11-6-7-12-28(27)37(33)20-24-14-16-26(17-15-24)31(25-9-4-5-10-25)34(39)36-32(23(3)38)29-13-8-18-40-29/h6-8,11-19,25,31-32H,4-5,9-10,20H2,1-3H3,(H,36,39). The summed E-state index contributed by atoms with van der Waals surface area (Å²) < 4.78 is 2.30. The molecule has 40 heavy (non-hydrogen) atoms. The lowest BCUT2D eigenvalue weighted by molar-refractivity contribution is -0.128. The van der Waals surface area contributed by atoms with E-state index in [4.69, 9.17) is 4.98 Å². The van der Waals surface area contributed by atoms with Crippen LogP contribution in [0.15, 0.2) is 72.1 Å². The first kappa shape index (κ1) is 26.5. The van der Waals surface area contributed by atoms with Crippen LogP contribution in [0.1, 0.15) is 71.8 Å². The van der Waals surface area contributed by atoms with Gasteiger partial charge in [0.05, 0.1) is 11.4 Å². The Labute approximate surface area is 239 Å². The van der Waals surface area contributed by atoms with Crippen molar-refractivity contribution in [3.8, 4) is 0 Å². The SMILES string of the molecule is CC(=O)C(NC(=O)C(c1ccc(Cn2c3ccccc3c3c(C)cc(C)nc32)cc1)C1CCCC1)c1cccs1. The van der Waals surface area contributed by atoms with Gasteiger partial charge < -0.3 is 9.88 Å². The van der Waals surface area contributed by atoms with Crippen LogP contribution in [0.3, 0.4) is 0 Å². The van der Waals surface area contributed by atoms with Crippen LogP contribution in [0.4, 0.5) is 0 Å². The highest BCUT2D eigenvalue weighted by Crippen LogP contribution is 2.38. The Balaban J connectivity index is 1.31. The number of Topliss-reactive ketones (excluding diaryl/α,β-unsaturated/α-hetero) is 1. The van der Waals surface area contributed by atoms with E-state index in [1.54, 1.807) is 6.92 Å². The van der Waals surface area contributed by atoms with Crippen molar-refractivity contribution >= 4 is 45.0 Å². The second-order valence-corrected chi connectivity index (χ2v) is 12.2. The molecule has 0 spiro atoms. The van der Waals surface area contributed by atoms with E-state index in [1.807, 2.05) is 24.4 Å². The molecule has 2 aromatic carbocycles. The molecule has 0 saturated heterocycles. The van der Waals surface area contributed by atoms with Crippen LogP contribution < -0.4 is 5.32 Å². The van der Waals surface area contributed by atoms with Gasteiger partial charge in [0.25, 0.3) is 0 Å². The third-order valence-corrected chi connectivity index (χ3v) is 9.34. The zero-order chi connectivity index (χ0) is 27.8. The summed E-state index contributed by atoms with van der Waals surface area (Å²) >= 11 is 1.50. The number of benzene rings is 2. The van der Waals surface area contributed by atoms with Crippen molar-refractivity contribution in [1.82, 2.24) is 14.9 Å². The van der Waals surface area contributed by atoms with E-state index in [9.17, 15) is 9.59 Å². The lowest BCUT2D eigenvalue weighted by Crippen LogP contribution is -2.38. The van der Waals surface area contributed by atoms with Gasteiger partial charge in [0.15, 0.2) is 5.78 Å². The van der Waals surface area contributed by atoms with Crippen molar-refractivity contribution < 1.29 is 9.59 Å². The second kappa shape index (κ2) is 11.0. The van der Waals surface area contributed by atoms with Gasteiger partial charge in [-0.15, -0.1) is 11.3 Å². The number of para-hydroxylation sites is 1. The van der Waals surface area contributed by atoms with Crippen molar-refractivity contribution in [3.63, 3.8) is 0 Å². The van der Waals surface area contributed by atoms with Crippen molar-refractivity contribution in [3.05, 3.63) is 99.4 Å². The van der Waals surface area contributed by atoms with E-state index < -0.39 is 6.04 Å². The van der Waals surface area contributed by atoms with Crippen LogP contribution in [-0.2, 0) is 16.1 Å². The lowest BCUT2D eigenvalue weighted by Gasteiger charge is -2.26. The van der Waals surface area contributed by atoms with E-state index in [1.165, 1.54) is 33.2 Å². The number of hydrogen-bond donors (Lipinski definition) is 1. The fourth-order valence-electron chi connectivity index (χ4n) is 6.54. The first-order chi connectivity index (χ1) is 19.4. The lowest BCUT2D eigenvalue weighted by atomic mass is 9.83. The Bertz CT molecular complexity index is 1680. The van der Waals surface area contributed by atoms with Crippen molar-refractivity contribution in [2.75, 3.05) is 0 Å². The second-order valence-electron chi connectivity index (χ2n) is 11.2. The van der Waals surface area contributed by atoms with Gasteiger partial charge >= 0.3 is 0 Å². The molecule has 0 radical (unpaired) electrons. The summed E-state index contributed by atoms with van der Waals surface area (Å²) in [6.45, 7) is 6.46. The number of amides is 1. The number of fused-ring (bicyclic) bond motifs is 3. The Kier molecular flexibility index (Phi) is 7.28. The van der Waals surface area contributed by atoms with E-state index in [0.29, 0.717) is 6.54 Å². The molecule has 204 valence electrons. The number of rotatable bonds is 8. The van der Waals surface area contributed by atoms with E-state index in [-0.39, 0.29) is 23.5 Å². The largest absolute Gasteiger partial charge is 0.341 e. The third-order valence-electron chi connectivity index (χ3n) is 8.40. The summed E-state index contributed by atoms with van der Waals surface area (Å²) in [5.74, 6) is -0.0692. The highest BCUT2D eigenvalue weighted by molar-refractivity contribution is 7.10. The number of hydrogen-bond acceptors (Lipinski definition) is 4. The minimum absolute atomic E-state index is 0.0402. The first-order valence-corrected chi connectivity index (χ1v) is 15.1. The summed E-state index contributed by atoms with van der Waals surface area (Å²) in [5.41, 5.74) is 6.63. The quantitative estimate of drug-likeness (QED) is 0.216. The highest BCUT2D eigenvalue weighted by Gasteiger charge is 2.34. The molecule has 1 amide bonds. The molecule has 1 aliphatic carbocycles. The molecule has 1 aliphatic rings. The van der Waals surface area contributed by atoms with Crippen molar-refractivity contribution in [2.45, 2.75) is 65.0 Å². The topological polar surface area (TPSA) is 64.0 Å². The van der Waals surface area contributed by atoms with Gasteiger partial charge in [-0.05, 0) is 79.8 Å². The van der Waals surface area contributed by atoms with Crippen LogP contribution >= 0.6 is 11.3 Å². The number of aryl methyl sites for hydroxylation is 2. The number of nitrogens with one attached hydrogen (secondary N) is 1. The van der Waals surface area contributed by atoms with Gasteiger partial charge in [0, 0.05) is 27.9 Å². The number of nitrogens with zero attached hydrogens (tertiary/aromatic N) is 2. The molecule has 1 fully saturated rings. The monoisotopic (exact) mass is 549 g/mol. The normalized spacial score (nSPS) is 15.5. The average molecular weight is 550 g/mol. The number of aromatic nitrogens is 2. The van der Waals surface area contributed by atoms with Gasteiger partial charge in [0.2, 0.25) is 5.91 Å². The Morgan fingerprint density at radius 3 is 2.48 bits per heavy atom. The van der Waals surface area contributed by atoms with E-state index in [2.05, 4.69) is 71.4 Å². The zero-order valence-corrected chi connectivity index (χ0v) is 24.1. The van der Waals surface area contributed by atoms with Crippen LogP contribution in [0.25, 0.3) is 21.9 Å². The fraction of sp³-hybridized carbons (Fsp3) is 0.324. The predicted molar refractivity (Wildman–Crippen MR) is 163 cm³/mol. The van der Waals surface area contributed by atoms with Gasteiger partial charge in [-0.1, -0.05) is 61.4 Å². The summed E-state index contributed by atoms with van der Waals surface area (Å²) in [5, 5.41) is 7.48. The highest BCUT2D eigenvalue weighted by atomic mass is 32.1. The van der Waals surface area contributed by atoms with E-state index in [0.717, 1.165) is 53.0 Å². The summed E-state index contributed by atoms with van der Waals surface area (Å²) in [7, 11) is 0. The maximum atomic E-state index is 13.8. The van der Waals surface area contributed by atoms with E-state index >= 15 is 0 Å². The molecule has 6 heteroatoms. The predicted octanol–water partition coefficient (Wildman–Crippen LogP) is 7.64. The molecule has 3 aromatic heterocycles. The maximum absolute atomic E-state index is 13.8. The van der Waals surface area contributed by atoms with Gasteiger partial charge in [0.1, 0.15) is 11.7 Å². The number of ketones is 1. The van der Waals surface area contributed by atoms with Gasteiger partial charge in [-0.2, -0.15) is 0 Å². The Morgan fingerprint density at radius 2 is 1.77 bits per heavy atom. The Morgan fingerprint density at radius 1 is 1.02 bits per heavy atom. The summed E-state index contributed by atoms with van der Waals surface area (Å²) in [6, 6.07) is 22.4. The first-order valence-electron chi connectivity index (χ1n) is 14.2. The molecule has 2 atom stereocenters. The van der Waals surface area contributed by atoms with Crippen molar-refractivity contribution in [1.29, 1.82) is 0 Å². The van der Waals surface area contributed by atoms with Crippen LogP contribution in [0.2, 0.25) is 0 Å². The third kappa shape index (κ3) is 4.97. The molecule has 1 N–H and O–H groups in total. The summed E-state index contributed by atoms with van der Waals surface area (Å²) in [6.07, 6.45) is 4.37. The van der Waals surface area contributed by atoms with Crippen LogP contribution in [-0.4, -0.2) is 21.2 Å². The zero-order valence-electron chi connectivity index (χ0n) is 23.3. The molecular formula is C34H35N3O2S. The molecule has 0 aliphatic heterocycles.